The van der Waals surface area contributed by atoms with Crippen molar-refractivity contribution in [2.45, 2.75) is 50.6 Å². The van der Waals surface area contributed by atoms with Gasteiger partial charge in [-0.3, -0.25) is 14.5 Å². The van der Waals surface area contributed by atoms with Crippen LogP contribution in [0.5, 0.6) is 0 Å². The molecule has 3 aromatic rings. The zero-order valence-electron chi connectivity index (χ0n) is 17.1. The Morgan fingerprint density at radius 1 is 1.03 bits per heavy atom. The van der Waals surface area contributed by atoms with Crippen LogP contribution in [0.25, 0.3) is 0 Å². The molecule has 0 radical (unpaired) electrons. The summed E-state index contributed by atoms with van der Waals surface area (Å²) in [6.45, 7) is 0. The lowest BCUT2D eigenvalue weighted by atomic mass is 9.95. The second-order valence-electron chi connectivity index (χ2n) is 7.76. The minimum Gasteiger partial charge on any atom is -0.351 e. The van der Waals surface area contributed by atoms with Crippen LogP contribution in [-0.4, -0.2) is 17.9 Å². The van der Waals surface area contributed by atoms with Crippen LogP contribution < -0.4 is 10.2 Å². The zero-order chi connectivity index (χ0) is 21.6. The monoisotopic (exact) mass is 456 g/mol. The molecule has 4 rings (SSSR count). The van der Waals surface area contributed by atoms with Gasteiger partial charge < -0.3 is 5.32 Å². The summed E-state index contributed by atoms with van der Waals surface area (Å²) >= 11 is 2.92. The molecule has 1 atom stereocenters. The fraction of sp³-hybridized carbons (Fsp3) is 0.333. The van der Waals surface area contributed by atoms with E-state index >= 15 is 0 Å². The summed E-state index contributed by atoms with van der Waals surface area (Å²) in [4.78, 5) is 30.2. The van der Waals surface area contributed by atoms with Crippen molar-refractivity contribution in [3.05, 3.63) is 74.9 Å². The number of thiophene rings is 2. The van der Waals surface area contributed by atoms with Crippen LogP contribution >= 0.6 is 22.7 Å². The summed E-state index contributed by atoms with van der Waals surface area (Å²) in [6.07, 6.45) is 5.44. The molecule has 0 bridgehead atoms. The summed E-state index contributed by atoms with van der Waals surface area (Å²) in [5.41, 5.74) is 0.388. The highest BCUT2D eigenvalue weighted by atomic mass is 32.1. The van der Waals surface area contributed by atoms with E-state index in [2.05, 4.69) is 5.32 Å². The average molecular weight is 457 g/mol. The lowest BCUT2D eigenvalue weighted by Gasteiger charge is -2.32. The summed E-state index contributed by atoms with van der Waals surface area (Å²) in [7, 11) is 0. The summed E-state index contributed by atoms with van der Waals surface area (Å²) in [5.74, 6) is -0.882. The molecule has 4 nitrogen and oxygen atoms in total. The summed E-state index contributed by atoms with van der Waals surface area (Å²) in [5, 5.41) is 6.98. The van der Waals surface area contributed by atoms with Crippen LogP contribution in [0, 0.1) is 5.82 Å². The largest absolute Gasteiger partial charge is 0.351 e. The third-order valence-electron chi connectivity index (χ3n) is 5.53. The van der Waals surface area contributed by atoms with E-state index in [1.54, 1.807) is 12.1 Å². The van der Waals surface area contributed by atoms with Crippen LogP contribution in [0.1, 0.15) is 47.9 Å². The van der Waals surface area contributed by atoms with E-state index in [4.69, 9.17) is 0 Å². The number of carbonyl (C=O) groups excluding carboxylic acids is 2. The molecule has 0 saturated heterocycles. The second kappa shape index (κ2) is 10.2. The Bertz CT molecular complexity index is 999. The maximum absolute atomic E-state index is 14.1. The number of hydrogen-bond donors (Lipinski definition) is 1. The van der Waals surface area contributed by atoms with Gasteiger partial charge in [-0.05, 0) is 53.9 Å². The van der Waals surface area contributed by atoms with E-state index in [1.807, 2.05) is 35.0 Å². The maximum Gasteiger partial charge on any atom is 0.248 e. The smallest absolute Gasteiger partial charge is 0.248 e. The fourth-order valence-electron chi connectivity index (χ4n) is 4.06. The number of nitrogens with one attached hydrogen (secondary N) is 1. The number of amides is 2. The van der Waals surface area contributed by atoms with Gasteiger partial charge in [0.15, 0.2) is 0 Å². The number of anilines is 1. The topological polar surface area (TPSA) is 49.4 Å². The highest BCUT2D eigenvalue weighted by Crippen LogP contribution is 2.32. The quantitative estimate of drug-likeness (QED) is 0.495. The maximum atomic E-state index is 14.1. The second-order valence-corrected chi connectivity index (χ2v) is 9.77. The first-order valence-electron chi connectivity index (χ1n) is 10.6. The van der Waals surface area contributed by atoms with Crippen LogP contribution in [0.15, 0.2) is 59.3 Å². The predicted octanol–water partition coefficient (Wildman–Crippen LogP) is 5.71. The molecule has 1 aromatic carbocycles. The highest BCUT2D eigenvalue weighted by Gasteiger charge is 2.35. The van der Waals surface area contributed by atoms with E-state index in [9.17, 15) is 14.0 Å². The van der Waals surface area contributed by atoms with Crippen molar-refractivity contribution in [2.24, 2.45) is 0 Å². The van der Waals surface area contributed by atoms with Gasteiger partial charge in [-0.15, -0.1) is 22.7 Å². The zero-order valence-corrected chi connectivity index (χ0v) is 18.8. The van der Waals surface area contributed by atoms with Gasteiger partial charge in [0.2, 0.25) is 11.8 Å². The van der Waals surface area contributed by atoms with E-state index in [0.717, 1.165) is 35.4 Å². The molecule has 162 valence electrons. The van der Waals surface area contributed by atoms with Gasteiger partial charge in [0.25, 0.3) is 0 Å². The molecule has 1 fully saturated rings. The third kappa shape index (κ3) is 5.40. The minimum absolute atomic E-state index is 0.116. The highest BCUT2D eigenvalue weighted by molar-refractivity contribution is 7.10. The number of rotatable bonds is 7. The molecule has 0 spiro atoms. The lowest BCUT2D eigenvalue weighted by Crippen LogP contribution is -2.47. The Hall–Kier alpha value is -2.51. The standard InChI is InChI=1S/C24H25FN2O2S2/c25-17-7-4-10-19(15-17)27(22(28)16-20-11-5-13-30-20)23(21-12-6-14-31-21)24(29)26-18-8-2-1-3-9-18/h4-7,10-15,18,23H,1-3,8-9,16H2,(H,26,29). The molecule has 0 aliphatic heterocycles. The van der Waals surface area contributed by atoms with Crippen molar-refractivity contribution in [1.82, 2.24) is 5.32 Å². The van der Waals surface area contributed by atoms with Crippen LogP contribution in [0.4, 0.5) is 10.1 Å². The van der Waals surface area contributed by atoms with Crippen LogP contribution in [-0.2, 0) is 16.0 Å². The van der Waals surface area contributed by atoms with Gasteiger partial charge in [-0.1, -0.05) is 37.5 Å². The van der Waals surface area contributed by atoms with Gasteiger partial charge >= 0.3 is 0 Å². The Balaban J connectivity index is 1.70. The summed E-state index contributed by atoms with van der Waals surface area (Å²) < 4.78 is 14.1. The minimum atomic E-state index is -0.837. The molecular weight excluding hydrogens is 431 g/mol. The van der Waals surface area contributed by atoms with Gasteiger partial charge in [0.05, 0.1) is 6.42 Å². The number of hydrogen-bond acceptors (Lipinski definition) is 4. The molecule has 1 unspecified atom stereocenters. The fourth-order valence-corrected chi connectivity index (χ4v) is 5.57. The Morgan fingerprint density at radius 3 is 2.48 bits per heavy atom. The molecule has 7 heteroatoms. The SMILES string of the molecule is O=C(NC1CCCCC1)C(c1cccs1)N(C(=O)Cc1cccs1)c1cccc(F)c1. The first-order valence-corrected chi connectivity index (χ1v) is 12.3. The van der Waals surface area contributed by atoms with Crippen molar-refractivity contribution in [2.75, 3.05) is 4.90 Å². The third-order valence-corrected chi connectivity index (χ3v) is 7.33. The first kappa shape index (κ1) is 21.7. The van der Waals surface area contributed by atoms with Crippen molar-refractivity contribution in [3.63, 3.8) is 0 Å². The van der Waals surface area contributed by atoms with Crippen molar-refractivity contribution in [1.29, 1.82) is 0 Å². The average Bonchev–Trinajstić information content (AvgIpc) is 3.47. The van der Waals surface area contributed by atoms with E-state index in [0.29, 0.717) is 5.69 Å². The van der Waals surface area contributed by atoms with Crippen LogP contribution in [0.3, 0.4) is 0 Å². The van der Waals surface area contributed by atoms with E-state index in [-0.39, 0.29) is 24.3 Å². The molecule has 1 saturated carbocycles. The summed E-state index contributed by atoms with van der Waals surface area (Å²) in [6, 6.07) is 12.7. The van der Waals surface area contributed by atoms with Gasteiger partial charge in [0.1, 0.15) is 11.9 Å². The Kier molecular flexibility index (Phi) is 7.14. The molecule has 2 amide bonds. The molecule has 1 aliphatic rings. The number of carbonyl (C=O) groups is 2. The van der Waals surface area contributed by atoms with Gasteiger partial charge in [-0.2, -0.15) is 0 Å². The lowest BCUT2D eigenvalue weighted by molar-refractivity contribution is -0.127. The Labute approximate surface area is 189 Å². The normalized spacial score (nSPS) is 15.4. The molecule has 2 aromatic heterocycles. The van der Waals surface area contributed by atoms with E-state index in [1.165, 1.54) is 46.1 Å². The molecule has 2 heterocycles. The van der Waals surface area contributed by atoms with Gasteiger partial charge in [0, 0.05) is 21.5 Å². The molecule has 1 N–H and O–H groups in total. The van der Waals surface area contributed by atoms with Crippen molar-refractivity contribution >= 4 is 40.2 Å². The molecular formula is C24H25FN2O2S2. The molecule has 31 heavy (non-hydrogen) atoms. The first-order chi connectivity index (χ1) is 15.1. The predicted molar refractivity (Wildman–Crippen MR) is 124 cm³/mol. The van der Waals surface area contributed by atoms with Crippen LogP contribution in [0.2, 0.25) is 0 Å². The van der Waals surface area contributed by atoms with E-state index < -0.39 is 11.9 Å². The molecule has 1 aliphatic carbocycles. The van der Waals surface area contributed by atoms with Crippen molar-refractivity contribution < 1.29 is 14.0 Å². The number of nitrogens with zero attached hydrogens (tertiary/aromatic N) is 1. The van der Waals surface area contributed by atoms with Gasteiger partial charge in [-0.25, -0.2) is 4.39 Å². The van der Waals surface area contributed by atoms with Crippen molar-refractivity contribution in [3.8, 4) is 0 Å². The Morgan fingerprint density at radius 2 is 1.81 bits per heavy atom. The number of benzene rings is 1. The number of halogens is 1.